The number of carboxylic acid groups (broad SMARTS) is 1. The Morgan fingerprint density at radius 1 is 1.33 bits per heavy atom. The highest BCUT2D eigenvalue weighted by molar-refractivity contribution is 5.84. The Labute approximate surface area is 86.3 Å². The Bertz CT molecular complexity index is 362. The molecule has 1 fully saturated rings. The maximum Gasteiger partial charge on any atom is 0.371 e. The van der Waals surface area contributed by atoms with E-state index in [0.717, 1.165) is 0 Å². The molecule has 2 N–H and O–H groups in total. The van der Waals surface area contributed by atoms with Gasteiger partial charge in [0.05, 0.1) is 0 Å². The fourth-order valence-electron chi connectivity index (χ4n) is 1.66. The van der Waals surface area contributed by atoms with E-state index >= 15 is 0 Å². The van der Waals surface area contributed by atoms with Crippen LogP contribution in [0.1, 0.15) is 29.2 Å². The van der Waals surface area contributed by atoms with Crippen molar-refractivity contribution in [1.82, 2.24) is 0 Å². The number of furan rings is 1. The van der Waals surface area contributed by atoms with Crippen LogP contribution in [0.5, 0.6) is 0 Å². The molecule has 1 aliphatic rings. The lowest BCUT2D eigenvalue weighted by molar-refractivity contribution is -0.0803. The first-order valence-corrected chi connectivity index (χ1v) is 4.75. The average molecular weight is 212 g/mol. The molecule has 5 heteroatoms. The van der Waals surface area contributed by atoms with E-state index in [0.29, 0.717) is 31.8 Å². The molecule has 0 saturated carbocycles. The highest BCUT2D eigenvalue weighted by Crippen LogP contribution is 2.32. The molecule has 1 aromatic rings. The molecular weight excluding hydrogens is 200 g/mol. The number of aliphatic hydroxyl groups is 1. The lowest BCUT2D eigenvalue weighted by Gasteiger charge is -2.29. The van der Waals surface area contributed by atoms with E-state index in [2.05, 4.69) is 0 Å². The van der Waals surface area contributed by atoms with E-state index in [-0.39, 0.29) is 5.76 Å². The van der Waals surface area contributed by atoms with Crippen LogP contribution in [0, 0.1) is 0 Å². The van der Waals surface area contributed by atoms with Crippen LogP contribution >= 0.6 is 0 Å². The molecule has 0 aliphatic carbocycles. The molecule has 0 bridgehead atoms. The molecule has 0 radical (unpaired) electrons. The summed E-state index contributed by atoms with van der Waals surface area (Å²) in [7, 11) is 0. The maximum atomic E-state index is 10.6. The van der Waals surface area contributed by atoms with Gasteiger partial charge in [-0.05, 0) is 12.1 Å². The Kier molecular flexibility index (Phi) is 2.50. The van der Waals surface area contributed by atoms with Gasteiger partial charge in [-0.2, -0.15) is 0 Å². The van der Waals surface area contributed by atoms with Crippen molar-refractivity contribution in [3.8, 4) is 0 Å². The minimum atomic E-state index is -1.13. The van der Waals surface area contributed by atoms with Gasteiger partial charge in [0.25, 0.3) is 0 Å². The largest absolute Gasteiger partial charge is 0.475 e. The van der Waals surface area contributed by atoms with Gasteiger partial charge in [-0.25, -0.2) is 4.79 Å². The van der Waals surface area contributed by atoms with Gasteiger partial charge in [0.15, 0.2) is 0 Å². The third-order valence-corrected chi connectivity index (χ3v) is 2.60. The van der Waals surface area contributed by atoms with Crippen LogP contribution in [0.2, 0.25) is 0 Å². The number of rotatable bonds is 2. The highest BCUT2D eigenvalue weighted by Gasteiger charge is 2.35. The topological polar surface area (TPSA) is 79.9 Å². The van der Waals surface area contributed by atoms with Gasteiger partial charge in [-0.3, -0.25) is 0 Å². The fourth-order valence-corrected chi connectivity index (χ4v) is 1.66. The molecule has 1 saturated heterocycles. The fraction of sp³-hybridized carbons (Fsp3) is 0.500. The molecule has 82 valence electrons. The lowest BCUT2D eigenvalue weighted by Crippen LogP contribution is -2.32. The smallest absolute Gasteiger partial charge is 0.371 e. The van der Waals surface area contributed by atoms with Gasteiger partial charge >= 0.3 is 5.97 Å². The van der Waals surface area contributed by atoms with Gasteiger partial charge in [0.1, 0.15) is 11.4 Å². The van der Waals surface area contributed by atoms with Gasteiger partial charge in [-0.1, -0.05) is 0 Å². The van der Waals surface area contributed by atoms with Crippen molar-refractivity contribution in [1.29, 1.82) is 0 Å². The van der Waals surface area contributed by atoms with Crippen LogP contribution in [-0.2, 0) is 10.3 Å². The second kappa shape index (κ2) is 3.67. The summed E-state index contributed by atoms with van der Waals surface area (Å²) in [5.41, 5.74) is -1.08. The molecule has 2 heterocycles. The predicted molar refractivity (Wildman–Crippen MR) is 49.6 cm³/mol. The van der Waals surface area contributed by atoms with Crippen LogP contribution < -0.4 is 0 Å². The Hall–Kier alpha value is -1.33. The van der Waals surface area contributed by atoms with Crippen LogP contribution in [0.3, 0.4) is 0 Å². The van der Waals surface area contributed by atoms with Crippen molar-refractivity contribution in [2.75, 3.05) is 13.2 Å². The number of aromatic carboxylic acids is 1. The zero-order chi connectivity index (χ0) is 10.9. The summed E-state index contributed by atoms with van der Waals surface area (Å²) in [5.74, 6) is -0.968. The molecule has 5 nitrogen and oxygen atoms in total. The van der Waals surface area contributed by atoms with Gasteiger partial charge < -0.3 is 19.4 Å². The van der Waals surface area contributed by atoms with E-state index in [1.165, 1.54) is 12.1 Å². The summed E-state index contributed by atoms with van der Waals surface area (Å²) in [6.45, 7) is 0.916. The van der Waals surface area contributed by atoms with Crippen molar-refractivity contribution in [3.05, 3.63) is 23.7 Å². The van der Waals surface area contributed by atoms with Crippen LogP contribution in [0.15, 0.2) is 16.5 Å². The summed E-state index contributed by atoms with van der Waals surface area (Å²) in [5, 5.41) is 18.9. The Balaban J connectivity index is 2.23. The maximum absolute atomic E-state index is 10.6. The van der Waals surface area contributed by atoms with Crippen molar-refractivity contribution >= 4 is 5.97 Å². The molecule has 1 aliphatic heterocycles. The number of hydrogen-bond acceptors (Lipinski definition) is 4. The van der Waals surface area contributed by atoms with Gasteiger partial charge in [0.2, 0.25) is 5.76 Å². The number of ether oxygens (including phenoxy) is 1. The minimum Gasteiger partial charge on any atom is -0.475 e. The standard InChI is InChI=1S/C10H12O5/c11-9(12)7-1-2-8(15-7)10(13)3-5-14-6-4-10/h1-2,13H,3-6H2,(H,11,12). The van der Waals surface area contributed by atoms with Crippen molar-refractivity contribution in [2.24, 2.45) is 0 Å². The molecule has 0 unspecified atom stereocenters. The molecule has 0 aromatic carbocycles. The summed E-state index contributed by atoms with van der Waals surface area (Å²) < 4.78 is 10.2. The zero-order valence-corrected chi connectivity index (χ0v) is 8.10. The van der Waals surface area contributed by atoms with Crippen LogP contribution in [-0.4, -0.2) is 29.4 Å². The predicted octanol–water partition coefficient (Wildman–Crippen LogP) is 0.976. The SMILES string of the molecule is O=C(O)c1ccc(C2(O)CCOCC2)o1. The van der Waals surface area contributed by atoms with Crippen LogP contribution in [0.25, 0.3) is 0 Å². The van der Waals surface area contributed by atoms with Crippen LogP contribution in [0.4, 0.5) is 0 Å². The number of carboxylic acids is 1. The molecule has 0 atom stereocenters. The first-order chi connectivity index (χ1) is 7.12. The van der Waals surface area contributed by atoms with E-state index < -0.39 is 11.6 Å². The van der Waals surface area contributed by atoms with E-state index in [4.69, 9.17) is 14.3 Å². The highest BCUT2D eigenvalue weighted by atomic mass is 16.5. The van der Waals surface area contributed by atoms with Gasteiger partial charge in [0, 0.05) is 26.1 Å². The van der Waals surface area contributed by atoms with Gasteiger partial charge in [-0.15, -0.1) is 0 Å². The molecule has 15 heavy (non-hydrogen) atoms. The van der Waals surface area contributed by atoms with Crippen molar-refractivity contribution in [2.45, 2.75) is 18.4 Å². The summed E-state index contributed by atoms with van der Waals surface area (Å²) >= 11 is 0. The first kappa shape index (κ1) is 10.2. The Morgan fingerprint density at radius 2 is 2.00 bits per heavy atom. The minimum absolute atomic E-state index is 0.148. The third-order valence-electron chi connectivity index (χ3n) is 2.60. The lowest BCUT2D eigenvalue weighted by atomic mass is 9.92. The second-order valence-corrected chi connectivity index (χ2v) is 3.61. The second-order valence-electron chi connectivity index (χ2n) is 3.61. The normalized spacial score (nSPS) is 20.1. The number of hydrogen-bond donors (Lipinski definition) is 2. The van der Waals surface area contributed by atoms with E-state index in [1.807, 2.05) is 0 Å². The number of carbonyl (C=O) groups is 1. The summed E-state index contributed by atoms with van der Waals surface area (Å²) in [4.78, 5) is 10.6. The quantitative estimate of drug-likeness (QED) is 0.763. The zero-order valence-electron chi connectivity index (χ0n) is 8.10. The molecule has 2 rings (SSSR count). The van der Waals surface area contributed by atoms with Crippen molar-refractivity contribution in [3.63, 3.8) is 0 Å². The van der Waals surface area contributed by atoms with E-state index in [1.54, 1.807) is 0 Å². The molecule has 0 amide bonds. The summed E-state index contributed by atoms with van der Waals surface area (Å²) in [6.07, 6.45) is 0.860. The van der Waals surface area contributed by atoms with E-state index in [9.17, 15) is 9.90 Å². The Morgan fingerprint density at radius 3 is 2.53 bits per heavy atom. The molecule has 0 spiro atoms. The third kappa shape index (κ3) is 1.88. The summed E-state index contributed by atoms with van der Waals surface area (Å²) in [6, 6.07) is 2.86. The monoisotopic (exact) mass is 212 g/mol. The van der Waals surface area contributed by atoms with Crippen molar-refractivity contribution < 1.29 is 24.2 Å². The molecule has 1 aromatic heterocycles. The first-order valence-electron chi connectivity index (χ1n) is 4.75. The molecular formula is C10H12O5. The average Bonchev–Trinajstić information content (AvgIpc) is 2.68.